The molecule has 1 amide bonds. The Balaban J connectivity index is 1.97. The van der Waals surface area contributed by atoms with Gasteiger partial charge in [0.05, 0.1) is 10.6 Å². The molecule has 1 aromatic rings. The van der Waals surface area contributed by atoms with E-state index >= 15 is 0 Å². The number of carbonyl (C=O) groups excluding carboxylic acids is 1. The summed E-state index contributed by atoms with van der Waals surface area (Å²) in [7, 11) is 0. The third kappa shape index (κ3) is 3.51. The van der Waals surface area contributed by atoms with Gasteiger partial charge in [0.1, 0.15) is 5.69 Å². The molecule has 0 aliphatic heterocycles. The van der Waals surface area contributed by atoms with E-state index in [1.807, 2.05) is 11.5 Å². The van der Waals surface area contributed by atoms with E-state index < -0.39 is 5.60 Å². The van der Waals surface area contributed by atoms with Gasteiger partial charge in [0.25, 0.3) is 5.91 Å². The molecule has 0 radical (unpaired) electrons. The van der Waals surface area contributed by atoms with Crippen LogP contribution >= 0.6 is 11.6 Å². The Hall–Kier alpha value is -1.00. The van der Waals surface area contributed by atoms with Crippen molar-refractivity contribution in [2.24, 2.45) is 0 Å². The highest BCUT2D eigenvalue weighted by Crippen LogP contribution is 2.27. The summed E-state index contributed by atoms with van der Waals surface area (Å²) >= 11 is 5.91. The summed E-state index contributed by atoms with van der Waals surface area (Å²) in [6.07, 6.45) is 6.51. The molecule has 1 heterocycles. The number of aromatic nitrogens is 1. The average Bonchev–Trinajstić information content (AvgIpc) is 2.78. The molecule has 1 aromatic heterocycles. The van der Waals surface area contributed by atoms with Crippen molar-refractivity contribution in [2.75, 3.05) is 6.54 Å². The molecule has 5 heteroatoms. The molecule has 0 spiro atoms. The fourth-order valence-electron chi connectivity index (χ4n) is 2.65. The number of carbonyl (C=O) groups is 1. The fraction of sp³-hybridized carbons (Fsp3) is 0.643. The van der Waals surface area contributed by atoms with Gasteiger partial charge in [-0.3, -0.25) is 4.79 Å². The van der Waals surface area contributed by atoms with Crippen LogP contribution in [0.25, 0.3) is 0 Å². The minimum atomic E-state index is -0.735. The molecule has 4 nitrogen and oxygen atoms in total. The van der Waals surface area contributed by atoms with Crippen LogP contribution in [0.4, 0.5) is 0 Å². The first kappa shape index (κ1) is 14.4. The van der Waals surface area contributed by atoms with Crippen molar-refractivity contribution in [3.8, 4) is 0 Å². The molecule has 2 N–H and O–H groups in total. The van der Waals surface area contributed by atoms with Gasteiger partial charge in [0.15, 0.2) is 0 Å². The maximum atomic E-state index is 12.1. The Labute approximate surface area is 118 Å². The van der Waals surface area contributed by atoms with Crippen molar-refractivity contribution in [3.05, 3.63) is 23.0 Å². The number of hydrogen-bond acceptors (Lipinski definition) is 2. The van der Waals surface area contributed by atoms with Crippen molar-refractivity contribution < 1.29 is 9.90 Å². The van der Waals surface area contributed by atoms with Crippen LogP contribution in [0.5, 0.6) is 0 Å². The van der Waals surface area contributed by atoms with Crippen LogP contribution in [0.15, 0.2) is 12.3 Å². The SMILES string of the molecule is CCn1cc(Cl)cc1C(=O)NCC1(O)CCCCC1. The molecule has 0 bridgehead atoms. The van der Waals surface area contributed by atoms with E-state index in [1.165, 1.54) is 6.42 Å². The van der Waals surface area contributed by atoms with Crippen molar-refractivity contribution in [1.82, 2.24) is 9.88 Å². The third-order valence-corrected chi connectivity index (χ3v) is 4.01. The summed E-state index contributed by atoms with van der Waals surface area (Å²) in [5, 5.41) is 13.7. The van der Waals surface area contributed by atoms with E-state index in [0.29, 0.717) is 23.8 Å². The van der Waals surface area contributed by atoms with E-state index in [0.717, 1.165) is 25.7 Å². The zero-order valence-corrected chi connectivity index (χ0v) is 12.0. The van der Waals surface area contributed by atoms with Crippen LogP contribution in [0.1, 0.15) is 49.5 Å². The Kier molecular flexibility index (Phi) is 4.53. The number of halogens is 1. The van der Waals surface area contributed by atoms with Gasteiger partial charge in [0.2, 0.25) is 0 Å². The minimum Gasteiger partial charge on any atom is -0.388 e. The zero-order chi connectivity index (χ0) is 13.9. The lowest BCUT2D eigenvalue weighted by atomic mass is 9.85. The maximum Gasteiger partial charge on any atom is 0.268 e. The molecule has 0 unspecified atom stereocenters. The van der Waals surface area contributed by atoms with Gasteiger partial charge in [-0.2, -0.15) is 0 Å². The van der Waals surface area contributed by atoms with Gasteiger partial charge in [-0.15, -0.1) is 0 Å². The molecule has 0 aromatic carbocycles. The van der Waals surface area contributed by atoms with E-state index in [1.54, 1.807) is 12.3 Å². The van der Waals surface area contributed by atoms with Crippen LogP contribution in [-0.2, 0) is 6.54 Å². The summed E-state index contributed by atoms with van der Waals surface area (Å²) in [5.41, 5.74) is -0.187. The van der Waals surface area contributed by atoms with Gasteiger partial charge in [0, 0.05) is 19.3 Å². The quantitative estimate of drug-likeness (QED) is 0.893. The van der Waals surface area contributed by atoms with Gasteiger partial charge in [-0.1, -0.05) is 30.9 Å². The van der Waals surface area contributed by atoms with Crippen LogP contribution in [0.3, 0.4) is 0 Å². The van der Waals surface area contributed by atoms with Crippen molar-refractivity contribution in [1.29, 1.82) is 0 Å². The van der Waals surface area contributed by atoms with E-state index in [-0.39, 0.29) is 5.91 Å². The molecule has 1 fully saturated rings. The molecule has 1 aliphatic carbocycles. The first-order chi connectivity index (χ1) is 9.04. The Morgan fingerprint density at radius 3 is 2.79 bits per heavy atom. The standard InChI is InChI=1S/C14H21ClN2O2/c1-2-17-9-11(15)8-12(17)13(18)16-10-14(19)6-4-3-5-7-14/h8-9,19H,2-7,10H2,1H3,(H,16,18). The van der Waals surface area contributed by atoms with Gasteiger partial charge >= 0.3 is 0 Å². The largest absolute Gasteiger partial charge is 0.388 e. The highest BCUT2D eigenvalue weighted by molar-refractivity contribution is 6.31. The average molecular weight is 285 g/mol. The van der Waals surface area contributed by atoms with Gasteiger partial charge in [-0.25, -0.2) is 0 Å². The number of rotatable bonds is 4. The number of nitrogens with one attached hydrogen (secondary N) is 1. The Bertz CT molecular complexity index is 450. The molecular formula is C14H21ClN2O2. The molecule has 1 aliphatic rings. The summed E-state index contributed by atoms with van der Waals surface area (Å²) < 4.78 is 1.81. The monoisotopic (exact) mass is 284 g/mol. The number of hydrogen-bond donors (Lipinski definition) is 2. The lowest BCUT2D eigenvalue weighted by Gasteiger charge is -2.32. The predicted molar refractivity (Wildman–Crippen MR) is 75.5 cm³/mol. The molecule has 1 saturated carbocycles. The minimum absolute atomic E-state index is 0.173. The van der Waals surface area contributed by atoms with Crippen molar-refractivity contribution in [3.63, 3.8) is 0 Å². The molecular weight excluding hydrogens is 264 g/mol. The van der Waals surface area contributed by atoms with E-state index in [4.69, 9.17) is 11.6 Å². The lowest BCUT2D eigenvalue weighted by Crippen LogP contribution is -2.44. The van der Waals surface area contributed by atoms with Crippen LogP contribution in [0.2, 0.25) is 5.02 Å². The second kappa shape index (κ2) is 5.97. The third-order valence-electron chi connectivity index (χ3n) is 3.80. The van der Waals surface area contributed by atoms with Crippen LogP contribution < -0.4 is 5.32 Å². The first-order valence-corrected chi connectivity index (χ1v) is 7.28. The lowest BCUT2D eigenvalue weighted by molar-refractivity contribution is 0.00517. The summed E-state index contributed by atoms with van der Waals surface area (Å²) in [5.74, 6) is -0.173. The molecule has 106 valence electrons. The zero-order valence-electron chi connectivity index (χ0n) is 11.3. The summed E-state index contributed by atoms with van der Waals surface area (Å²) in [4.78, 5) is 12.1. The van der Waals surface area contributed by atoms with Crippen molar-refractivity contribution >= 4 is 17.5 Å². The van der Waals surface area contributed by atoms with E-state index in [9.17, 15) is 9.90 Å². The van der Waals surface area contributed by atoms with Crippen molar-refractivity contribution in [2.45, 2.75) is 51.2 Å². The van der Waals surface area contributed by atoms with E-state index in [2.05, 4.69) is 5.32 Å². The Morgan fingerprint density at radius 1 is 1.47 bits per heavy atom. The fourth-order valence-corrected chi connectivity index (χ4v) is 2.87. The second-order valence-electron chi connectivity index (χ2n) is 5.30. The smallest absolute Gasteiger partial charge is 0.268 e. The molecule has 0 atom stereocenters. The number of aliphatic hydroxyl groups is 1. The highest BCUT2D eigenvalue weighted by Gasteiger charge is 2.29. The van der Waals surface area contributed by atoms with Crippen LogP contribution in [-0.4, -0.2) is 27.7 Å². The van der Waals surface area contributed by atoms with Gasteiger partial charge < -0.3 is 15.0 Å². The number of amides is 1. The summed E-state index contributed by atoms with van der Waals surface area (Å²) in [6, 6.07) is 1.66. The maximum absolute atomic E-state index is 12.1. The number of aryl methyl sites for hydroxylation is 1. The second-order valence-corrected chi connectivity index (χ2v) is 5.73. The van der Waals surface area contributed by atoms with Gasteiger partial charge in [-0.05, 0) is 25.8 Å². The molecule has 0 saturated heterocycles. The summed E-state index contributed by atoms with van der Waals surface area (Å²) in [6.45, 7) is 2.97. The predicted octanol–water partition coefficient (Wildman–Crippen LogP) is 2.59. The Morgan fingerprint density at radius 2 is 2.16 bits per heavy atom. The number of nitrogens with zero attached hydrogens (tertiary/aromatic N) is 1. The normalized spacial score (nSPS) is 18.3. The molecule has 2 rings (SSSR count). The topological polar surface area (TPSA) is 54.3 Å². The first-order valence-electron chi connectivity index (χ1n) is 6.90. The molecule has 19 heavy (non-hydrogen) atoms. The highest BCUT2D eigenvalue weighted by atomic mass is 35.5. The van der Waals surface area contributed by atoms with Crippen LogP contribution in [0, 0.1) is 0 Å².